The molecule has 19 heavy (non-hydrogen) atoms. The maximum atomic E-state index is 13.3. The Kier molecular flexibility index (Phi) is 6.45. The van der Waals surface area contributed by atoms with E-state index in [1.165, 1.54) is 6.07 Å². The van der Waals surface area contributed by atoms with E-state index in [1.807, 2.05) is 18.9 Å². The summed E-state index contributed by atoms with van der Waals surface area (Å²) in [6, 6.07) is 4.88. The summed E-state index contributed by atoms with van der Waals surface area (Å²) in [5.41, 5.74) is 6.92. The first kappa shape index (κ1) is 15.6. The Morgan fingerprint density at radius 1 is 1.47 bits per heavy atom. The van der Waals surface area contributed by atoms with Crippen molar-refractivity contribution < 1.29 is 9.18 Å². The Balaban J connectivity index is 2.52. The summed E-state index contributed by atoms with van der Waals surface area (Å²) in [5, 5.41) is 2.82. The van der Waals surface area contributed by atoms with Crippen LogP contribution < -0.4 is 11.1 Å². The second kappa shape index (κ2) is 7.86. The van der Waals surface area contributed by atoms with Gasteiger partial charge in [0.05, 0.1) is 6.54 Å². The Morgan fingerprint density at radius 3 is 2.84 bits per heavy atom. The number of benzene rings is 1. The molecular formula is C14H22FN3O. The van der Waals surface area contributed by atoms with Crippen molar-refractivity contribution >= 4 is 5.91 Å². The first-order valence-corrected chi connectivity index (χ1v) is 6.49. The van der Waals surface area contributed by atoms with Crippen LogP contribution >= 0.6 is 0 Å². The van der Waals surface area contributed by atoms with Crippen LogP contribution in [-0.4, -0.2) is 30.9 Å². The summed E-state index contributed by atoms with van der Waals surface area (Å²) in [4.78, 5) is 13.4. The van der Waals surface area contributed by atoms with Gasteiger partial charge in [0.15, 0.2) is 0 Å². The van der Waals surface area contributed by atoms with Crippen LogP contribution in [0.25, 0.3) is 0 Å². The monoisotopic (exact) mass is 267 g/mol. The number of carbonyl (C=O) groups excluding carboxylic acids is 1. The summed E-state index contributed by atoms with van der Waals surface area (Å²) < 4.78 is 13.3. The van der Waals surface area contributed by atoms with E-state index in [-0.39, 0.29) is 18.3 Å². The van der Waals surface area contributed by atoms with Gasteiger partial charge in [0.25, 0.3) is 0 Å². The fourth-order valence-electron chi connectivity index (χ4n) is 1.82. The summed E-state index contributed by atoms with van der Waals surface area (Å²) in [6.45, 7) is 3.81. The lowest BCUT2D eigenvalue weighted by atomic mass is 10.1. The van der Waals surface area contributed by atoms with E-state index in [0.717, 1.165) is 12.0 Å². The number of nitrogens with two attached hydrogens (primary N) is 1. The molecule has 1 rings (SSSR count). The van der Waals surface area contributed by atoms with Crippen molar-refractivity contribution in [2.24, 2.45) is 5.73 Å². The highest BCUT2D eigenvalue weighted by Crippen LogP contribution is 2.11. The van der Waals surface area contributed by atoms with Gasteiger partial charge in [-0.05, 0) is 25.1 Å². The molecule has 3 N–H and O–H groups in total. The third-order valence-electron chi connectivity index (χ3n) is 2.77. The van der Waals surface area contributed by atoms with E-state index in [1.54, 1.807) is 12.1 Å². The molecule has 0 fully saturated rings. The van der Waals surface area contributed by atoms with Gasteiger partial charge in [0.1, 0.15) is 5.82 Å². The van der Waals surface area contributed by atoms with Gasteiger partial charge >= 0.3 is 0 Å². The SMILES string of the molecule is CCCNC(=O)CN(C)Cc1ccc(F)c(CN)c1. The van der Waals surface area contributed by atoms with E-state index in [2.05, 4.69) is 5.32 Å². The molecule has 0 radical (unpaired) electrons. The van der Waals surface area contributed by atoms with E-state index in [9.17, 15) is 9.18 Å². The Labute approximate surface area is 113 Å². The fraction of sp³-hybridized carbons (Fsp3) is 0.500. The average Bonchev–Trinajstić information content (AvgIpc) is 2.38. The number of amides is 1. The molecule has 1 aromatic rings. The summed E-state index contributed by atoms with van der Waals surface area (Å²) >= 11 is 0. The molecule has 0 unspecified atom stereocenters. The van der Waals surface area contributed by atoms with Crippen molar-refractivity contribution in [2.75, 3.05) is 20.1 Å². The predicted molar refractivity (Wildman–Crippen MR) is 73.9 cm³/mol. The average molecular weight is 267 g/mol. The van der Waals surface area contributed by atoms with E-state index in [0.29, 0.717) is 25.2 Å². The summed E-state index contributed by atoms with van der Waals surface area (Å²) in [6.07, 6.45) is 0.924. The minimum Gasteiger partial charge on any atom is -0.355 e. The van der Waals surface area contributed by atoms with Crippen LogP contribution in [0.5, 0.6) is 0 Å². The molecule has 5 heteroatoms. The lowest BCUT2D eigenvalue weighted by Crippen LogP contribution is -2.35. The topological polar surface area (TPSA) is 58.4 Å². The highest BCUT2D eigenvalue weighted by Gasteiger charge is 2.08. The number of halogens is 1. The van der Waals surface area contributed by atoms with E-state index >= 15 is 0 Å². The molecule has 0 spiro atoms. The first-order valence-electron chi connectivity index (χ1n) is 6.49. The van der Waals surface area contributed by atoms with Crippen LogP contribution in [0.1, 0.15) is 24.5 Å². The first-order chi connectivity index (χ1) is 9.06. The van der Waals surface area contributed by atoms with Crippen molar-refractivity contribution in [3.05, 3.63) is 35.1 Å². The molecule has 0 aliphatic carbocycles. The van der Waals surface area contributed by atoms with Crippen molar-refractivity contribution in [3.8, 4) is 0 Å². The number of likely N-dealkylation sites (N-methyl/N-ethyl adjacent to an activating group) is 1. The number of hydrogen-bond donors (Lipinski definition) is 2. The summed E-state index contributed by atoms with van der Waals surface area (Å²) in [5.74, 6) is -0.278. The van der Waals surface area contributed by atoms with Gasteiger partial charge in [-0.15, -0.1) is 0 Å². The second-order valence-electron chi connectivity index (χ2n) is 4.65. The quantitative estimate of drug-likeness (QED) is 0.781. The van der Waals surface area contributed by atoms with Crippen LogP contribution in [0.3, 0.4) is 0 Å². The lowest BCUT2D eigenvalue weighted by Gasteiger charge is -2.16. The van der Waals surface area contributed by atoms with Crippen molar-refractivity contribution in [2.45, 2.75) is 26.4 Å². The van der Waals surface area contributed by atoms with Crippen LogP contribution in [0.2, 0.25) is 0 Å². The third-order valence-corrected chi connectivity index (χ3v) is 2.77. The number of rotatable bonds is 7. The Bertz CT molecular complexity index is 423. The van der Waals surface area contributed by atoms with Crippen molar-refractivity contribution in [3.63, 3.8) is 0 Å². The van der Waals surface area contributed by atoms with Crippen LogP contribution in [-0.2, 0) is 17.9 Å². The minimum atomic E-state index is -0.283. The Hall–Kier alpha value is -1.46. The van der Waals surface area contributed by atoms with E-state index < -0.39 is 0 Å². The molecule has 0 saturated carbocycles. The van der Waals surface area contributed by atoms with Crippen LogP contribution in [0.4, 0.5) is 4.39 Å². The van der Waals surface area contributed by atoms with Gasteiger partial charge in [-0.1, -0.05) is 19.1 Å². The molecule has 106 valence electrons. The molecule has 0 heterocycles. The van der Waals surface area contributed by atoms with Crippen molar-refractivity contribution in [1.29, 1.82) is 0 Å². The molecule has 0 bridgehead atoms. The normalized spacial score (nSPS) is 10.8. The highest BCUT2D eigenvalue weighted by molar-refractivity contribution is 5.77. The maximum Gasteiger partial charge on any atom is 0.234 e. The highest BCUT2D eigenvalue weighted by atomic mass is 19.1. The standard InChI is InChI=1S/C14H22FN3O/c1-3-6-17-14(19)10-18(2)9-11-4-5-13(15)12(7-11)8-16/h4-5,7H,3,6,8-10,16H2,1-2H3,(H,17,19). The van der Waals surface area contributed by atoms with Gasteiger partial charge in [0.2, 0.25) is 5.91 Å². The number of nitrogens with zero attached hydrogens (tertiary/aromatic N) is 1. The zero-order valence-electron chi connectivity index (χ0n) is 11.6. The van der Waals surface area contributed by atoms with Crippen LogP contribution in [0, 0.1) is 5.82 Å². The minimum absolute atomic E-state index is 0.00510. The van der Waals surface area contributed by atoms with Gasteiger partial charge in [-0.3, -0.25) is 9.69 Å². The van der Waals surface area contributed by atoms with Gasteiger partial charge in [0, 0.05) is 25.2 Å². The molecule has 0 saturated heterocycles. The third kappa shape index (κ3) is 5.36. The number of nitrogens with one attached hydrogen (secondary N) is 1. The molecule has 0 aromatic heterocycles. The smallest absolute Gasteiger partial charge is 0.234 e. The predicted octanol–water partition coefficient (Wildman–Crippen LogP) is 1.24. The molecule has 0 aliphatic heterocycles. The van der Waals surface area contributed by atoms with E-state index in [4.69, 9.17) is 5.73 Å². The fourth-order valence-corrected chi connectivity index (χ4v) is 1.82. The van der Waals surface area contributed by atoms with Gasteiger partial charge in [-0.25, -0.2) is 4.39 Å². The van der Waals surface area contributed by atoms with Gasteiger partial charge < -0.3 is 11.1 Å². The molecule has 0 atom stereocenters. The number of carbonyl (C=O) groups is 1. The maximum absolute atomic E-state index is 13.3. The van der Waals surface area contributed by atoms with Crippen LogP contribution in [0.15, 0.2) is 18.2 Å². The van der Waals surface area contributed by atoms with Crippen molar-refractivity contribution in [1.82, 2.24) is 10.2 Å². The number of hydrogen-bond acceptors (Lipinski definition) is 3. The zero-order chi connectivity index (χ0) is 14.3. The molecule has 4 nitrogen and oxygen atoms in total. The second-order valence-corrected chi connectivity index (χ2v) is 4.65. The summed E-state index contributed by atoms with van der Waals surface area (Å²) in [7, 11) is 1.86. The lowest BCUT2D eigenvalue weighted by molar-refractivity contribution is -0.122. The molecular weight excluding hydrogens is 245 g/mol. The molecule has 0 aliphatic rings. The Morgan fingerprint density at radius 2 is 2.21 bits per heavy atom. The molecule has 1 amide bonds. The zero-order valence-corrected chi connectivity index (χ0v) is 11.6. The molecule has 1 aromatic carbocycles. The largest absolute Gasteiger partial charge is 0.355 e. The van der Waals surface area contributed by atoms with Gasteiger partial charge in [-0.2, -0.15) is 0 Å².